The Kier molecular flexibility index (Phi) is 4.55. The first kappa shape index (κ1) is 14.4. The Morgan fingerprint density at radius 3 is 2.84 bits per heavy atom. The van der Waals surface area contributed by atoms with Gasteiger partial charge in [0.05, 0.1) is 13.2 Å². The second kappa shape index (κ2) is 5.99. The number of nitrogens with zero attached hydrogens (tertiary/aromatic N) is 1. The minimum absolute atomic E-state index is 0.150. The maximum Gasteiger partial charge on any atom is 0.126 e. The van der Waals surface area contributed by atoms with Crippen molar-refractivity contribution in [2.75, 3.05) is 26.3 Å². The third-order valence-corrected chi connectivity index (χ3v) is 4.03. The molecule has 2 rings (SSSR count). The average molecular weight is 266 g/mol. The molecule has 3 nitrogen and oxygen atoms in total. The van der Waals surface area contributed by atoms with Crippen LogP contribution in [-0.2, 0) is 11.2 Å². The third kappa shape index (κ3) is 3.14. The van der Waals surface area contributed by atoms with Crippen LogP contribution in [0.5, 0.6) is 0 Å². The van der Waals surface area contributed by atoms with E-state index in [0.717, 1.165) is 18.7 Å². The molecule has 1 aromatic carbocycles. The van der Waals surface area contributed by atoms with Gasteiger partial charge >= 0.3 is 0 Å². The largest absolute Gasteiger partial charge is 0.379 e. The van der Waals surface area contributed by atoms with Crippen LogP contribution in [0.4, 0.5) is 4.39 Å². The SMILES string of the molecule is CC1COCCN1C(C)(CN)Cc1ccccc1F. The van der Waals surface area contributed by atoms with Gasteiger partial charge in [0.25, 0.3) is 0 Å². The molecule has 1 aliphatic heterocycles. The zero-order valence-corrected chi connectivity index (χ0v) is 11.7. The van der Waals surface area contributed by atoms with Gasteiger partial charge in [-0.3, -0.25) is 4.90 Å². The number of hydrogen-bond acceptors (Lipinski definition) is 3. The van der Waals surface area contributed by atoms with Crippen LogP contribution in [0.1, 0.15) is 19.4 Å². The smallest absolute Gasteiger partial charge is 0.126 e. The second-order valence-electron chi connectivity index (χ2n) is 5.59. The Labute approximate surface area is 114 Å². The number of halogens is 1. The fraction of sp³-hybridized carbons (Fsp3) is 0.600. The van der Waals surface area contributed by atoms with Gasteiger partial charge in [-0.05, 0) is 31.9 Å². The first-order valence-electron chi connectivity index (χ1n) is 6.85. The number of benzene rings is 1. The molecule has 1 heterocycles. The van der Waals surface area contributed by atoms with Crippen LogP contribution < -0.4 is 5.73 Å². The van der Waals surface area contributed by atoms with Gasteiger partial charge in [0.1, 0.15) is 5.82 Å². The molecule has 19 heavy (non-hydrogen) atoms. The van der Waals surface area contributed by atoms with E-state index in [1.807, 2.05) is 12.1 Å². The van der Waals surface area contributed by atoms with Gasteiger partial charge in [-0.2, -0.15) is 0 Å². The highest BCUT2D eigenvalue weighted by atomic mass is 19.1. The summed E-state index contributed by atoms with van der Waals surface area (Å²) in [6.45, 7) is 7.04. The topological polar surface area (TPSA) is 38.5 Å². The Bertz CT molecular complexity index is 426. The van der Waals surface area contributed by atoms with E-state index in [9.17, 15) is 4.39 Å². The number of rotatable bonds is 4. The van der Waals surface area contributed by atoms with Crippen molar-refractivity contribution in [3.63, 3.8) is 0 Å². The maximum absolute atomic E-state index is 13.8. The summed E-state index contributed by atoms with van der Waals surface area (Å²) in [4.78, 5) is 2.35. The van der Waals surface area contributed by atoms with Gasteiger partial charge in [0.15, 0.2) is 0 Å². The molecule has 0 aromatic heterocycles. The van der Waals surface area contributed by atoms with E-state index in [0.29, 0.717) is 25.6 Å². The minimum Gasteiger partial charge on any atom is -0.379 e. The van der Waals surface area contributed by atoms with Crippen LogP contribution >= 0.6 is 0 Å². The molecular formula is C15H23FN2O. The lowest BCUT2D eigenvalue weighted by atomic mass is 9.89. The van der Waals surface area contributed by atoms with Crippen molar-refractivity contribution in [3.8, 4) is 0 Å². The third-order valence-electron chi connectivity index (χ3n) is 4.03. The lowest BCUT2D eigenvalue weighted by Gasteiger charge is -2.46. The molecule has 0 radical (unpaired) electrons. The van der Waals surface area contributed by atoms with E-state index in [1.165, 1.54) is 6.07 Å². The molecule has 0 aliphatic carbocycles. The summed E-state index contributed by atoms with van der Waals surface area (Å²) < 4.78 is 19.3. The zero-order chi connectivity index (χ0) is 13.9. The van der Waals surface area contributed by atoms with E-state index in [4.69, 9.17) is 10.5 Å². The molecule has 1 aromatic rings. The molecule has 2 unspecified atom stereocenters. The summed E-state index contributed by atoms with van der Waals surface area (Å²) in [5.74, 6) is -0.150. The Morgan fingerprint density at radius 1 is 1.47 bits per heavy atom. The van der Waals surface area contributed by atoms with Crippen LogP contribution in [0.15, 0.2) is 24.3 Å². The highest BCUT2D eigenvalue weighted by Crippen LogP contribution is 2.25. The van der Waals surface area contributed by atoms with Crippen molar-refractivity contribution in [2.24, 2.45) is 5.73 Å². The van der Waals surface area contributed by atoms with Crippen molar-refractivity contribution in [2.45, 2.75) is 31.8 Å². The van der Waals surface area contributed by atoms with Crippen LogP contribution in [0.3, 0.4) is 0 Å². The summed E-state index contributed by atoms with van der Waals surface area (Å²) in [5.41, 5.74) is 6.49. The van der Waals surface area contributed by atoms with E-state index in [2.05, 4.69) is 18.7 Å². The summed E-state index contributed by atoms with van der Waals surface area (Å²) in [6.07, 6.45) is 0.626. The quantitative estimate of drug-likeness (QED) is 0.903. The molecule has 0 saturated carbocycles. The predicted octanol–water partition coefficient (Wildman–Crippen LogP) is 1.81. The van der Waals surface area contributed by atoms with Gasteiger partial charge in [-0.1, -0.05) is 18.2 Å². The van der Waals surface area contributed by atoms with Crippen molar-refractivity contribution in [3.05, 3.63) is 35.6 Å². The molecule has 106 valence electrons. The lowest BCUT2D eigenvalue weighted by Crippen LogP contribution is -2.60. The second-order valence-corrected chi connectivity index (χ2v) is 5.59. The molecule has 1 saturated heterocycles. The first-order chi connectivity index (χ1) is 9.07. The number of morpholine rings is 1. The van der Waals surface area contributed by atoms with Crippen molar-refractivity contribution < 1.29 is 9.13 Å². The maximum atomic E-state index is 13.8. The van der Waals surface area contributed by atoms with Crippen molar-refractivity contribution in [1.29, 1.82) is 0 Å². The van der Waals surface area contributed by atoms with E-state index >= 15 is 0 Å². The standard InChI is InChI=1S/C15H23FN2O/c1-12-10-19-8-7-18(12)15(2,11-17)9-13-5-3-4-6-14(13)16/h3-6,12H,7-11,17H2,1-2H3. The Balaban J connectivity index is 2.20. The van der Waals surface area contributed by atoms with Crippen molar-refractivity contribution >= 4 is 0 Å². The molecule has 0 amide bonds. The number of nitrogens with two attached hydrogens (primary N) is 1. The van der Waals surface area contributed by atoms with Crippen LogP contribution in [0.2, 0.25) is 0 Å². The van der Waals surface area contributed by atoms with Gasteiger partial charge in [-0.15, -0.1) is 0 Å². The first-order valence-corrected chi connectivity index (χ1v) is 6.85. The van der Waals surface area contributed by atoms with Gasteiger partial charge in [0.2, 0.25) is 0 Å². The summed E-state index contributed by atoms with van der Waals surface area (Å²) in [5, 5.41) is 0. The van der Waals surface area contributed by atoms with Gasteiger partial charge in [0, 0.05) is 24.7 Å². The van der Waals surface area contributed by atoms with Crippen LogP contribution in [-0.4, -0.2) is 42.8 Å². The van der Waals surface area contributed by atoms with Crippen LogP contribution in [0.25, 0.3) is 0 Å². The van der Waals surface area contributed by atoms with E-state index in [-0.39, 0.29) is 11.4 Å². The summed E-state index contributed by atoms with van der Waals surface area (Å²) in [6, 6.07) is 7.26. The van der Waals surface area contributed by atoms with Gasteiger partial charge in [-0.25, -0.2) is 4.39 Å². The zero-order valence-electron chi connectivity index (χ0n) is 11.7. The monoisotopic (exact) mass is 266 g/mol. The molecule has 2 atom stereocenters. The molecule has 1 fully saturated rings. The Morgan fingerprint density at radius 2 is 2.21 bits per heavy atom. The van der Waals surface area contributed by atoms with Gasteiger partial charge < -0.3 is 10.5 Å². The highest BCUT2D eigenvalue weighted by molar-refractivity contribution is 5.20. The molecule has 4 heteroatoms. The molecular weight excluding hydrogens is 243 g/mol. The fourth-order valence-corrected chi connectivity index (χ4v) is 2.87. The highest BCUT2D eigenvalue weighted by Gasteiger charge is 2.36. The van der Waals surface area contributed by atoms with E-state index in [1.54, 1.807) is 6.07 Å². The number of ether oxygens (including phenoxy) is 1. The Hall–Kier alpha value is -0.970. The fourth-order valence-electron chi connectivity index (χ4n) is 2.87. The average Bonchev–Trinajstić information content (AvgIpc) is 2.42. The van der Waals surface area contributed by atoms with Crippen molar-refractivity contribution in [1.82, 2.24) is 4.90 Å². The molecule has 0 bridgehead atoms. The normalized spacial score (nSPS) is 24.1. The van der Waals surface area contributed by atoms with E-state index < -0.39 is 0 Å². The summed E-state index contributed by atoms with van der Waals surface area (Å²) in [7, 11) is 0. The van der Waals surface area contributed by atoms with Crippen LogP contribution in [0, 0.1) is 5.82 Å². The molecule has 0 spiro atoms. The molecule has 1 aliphatic rings. The molecule has 2 N–H and O–H groups in total. The minimum atomic E-state index is -0.231. The lowest BCUT2D eigenvalue weighted by molar-refractivity contribution is -0.0508. The summed E-state index contributed by atoms with van der Waals surface area (Å²) >= 11 is 0. The number of hydrogen-bond donors (Lipinski definition) is 1. The predicted molar refractivity (Wildman–Crippen MR) is 74.6 cm³/mol.